The van der Waals surface area contributed by atoms with Crippen LogP contribution in [0, 0.1) is 5.92 Å². The summed E-state index contributed by atoms with van der Waals surface area (Å²) < 4.78 is 0. The van der Waals surface area contributed by atoms with Gasteiger partial charge >= 0.3 is 6.03 Å². The molecule has 0 spiro atoms. The summed E-state index contributed by atoms with van der Waals surface area (Å²) in [6.07, 6.45) is 11.0. The molecule has 1 aliphatic carbocycles. The minimum absolute atomic E-state index is 0.000197. The lowest BCUT2D eigenvalue weighted by molar-refractivity contribution is 0.190. The molecule has 4 nitrogen and oxygen atoms in total. The van der Waals surface area contributed by atoms with E-state index in [0.29, 0.717) is 5.92 Å². The first-order valence-electron chi connectivity index (χ1n) is 8.60. The third-order valence-electron chi connectivity index (χ3n) is 4.78. The van der Waals surface area contributed by atoms with E-state index < -0.39 is 0 Å². The Morgan fingerprint density at radius 2 is 1.95 bits per heavy atom. The third kappa shape index (κ3) is 5.00. The maximum Gasteiger partial charge on any atom is 0.317 e. The van der Waals surface area contributed by atoms with Crippen LogP contribution >= 0.6 is 0 Å². The summed E-state index contributed by atoms with van der Waals surface area (Å²) in [6.45, 7) is 2.82. The standard InChI is InChI=1S/C18H29N3O/c1-15(17-12-8-9-13-19-17)21(2)18(22)20-14-16-10-6-4-3-5-7-11-16/h8-9,12-13,15-16H,3-7,10-11,14H2,1-2H3,(H,20,22). The van der Waals surface area contributed by atoms with Crippen molar-refractivity contribution in [3.63, 3.8) is 0 Å². The zero-order valence-electron chi connectivity index (χ0n) is 13.9. The zero-order chi connectivity index (χ0) is 15.8. The number of hydrogen-bond donors (Lipinski definition) is 1. The van der Waals surface area contributed by atoms with E-state index in [1.807, 2.05) is 32.2 Å². The Morgan fingerprint density at radius 3 is 2.59 bits per heavy atom. The molecular formula is C18H29N3O. The van der Waals surface area contributed by atoms with Crippen LogP contribution in [0.4, 0.5) is 4.79 Å². The van der Waals surface area contributed by atoms with Crippen LogP contribution < -0.4 is 5.32 Å². The van der Waals surface area contributed by atoms with Crippen molar-refractivity contribution < 1.29 is 4.79 Å². The normalized spacial score (nSPS) is 18.1. The van der Waals surface area contributed by atoms with E-state index in [4.69, 9.17) is 0 Å². The minimum atomic E-state index is -0.0152. The predicted octanol–water partition coefficient (Wildman–Crippen LogP) is 4.14. The Labute approximate surface area is 134 Å². The van der Waals surface area contributed by atoms with Gasteiger partial charge in [-0.15, -0.1) is 0 Å². The van der Waals surface area contributed by atoms with E-state index in [9.17, 15) is 4.79 Å². The van der Waals surface area contributed by atoms with Gasteiger partial charge in [-0.05, 0) is 37.8 Å². The molecule has 1 N–H and O–H groups in total. The maximum atomic E-state index is 12.3. The summed E-state index contributed by atoms with van der Waals surface area (Å²) in [7, 11) is 1.84. The molecule has 1 fully saturated rings. The number of urea groups is 1. The molecule has 122 valence electrons. The largest absolute Gasteiger partial charge is 0.338 e. The summed E-state index contributed by atoms with van der Waals surface area (Å²) in [4.78, 5) is 18.4. The molecule has 0 aliphatic heterocycles. The van der Waals surface area contributed by atoms with Crippen LogP contribution in [0.2, 0.25) is 0 Å². The molecule has 1 aromatic heterocycles. The van der Waals surface area contributed by atoms with Crippen LogP contribution in [0.1, 0.15) is 63.6 Å². The molecule has 1 saturated carbocycles. The first-order chi connectivity index (χ1) is 10.7. The zero-order valence-corrected chi connectivity index (χ0v) is 13.9. The fourth-order valence-electron chi connectivity index (χ4n) is 3.10. The highest BCUT2D eigenvalue weighted by Gasteiger charge is 2.19. The Bertz CT molecular complexity index is 441. The number of carbonyl (C=O) groups excluding carboxylic acids is 1. The van der Waals surface area contributed by atoms with Gasteiger partial charge in [0.15, 0.2) is 0 Å². The number of pyridine rings is 1. The van der Waals surface area contributed by atoms with Crippen LogP contribution in [0.15, 0.2) is 24.4 Å². The van der Waals surface area contributed by atoms with Crippen LogP contribution in [0.3, 0.4) is 0 Å². The summed E-state index contributed by atoms with van der Waals surface area (Å²) in [6, 6.07) is 5.80. The maximum absolute atomic E-state index is 12.3. The van der Waals surface area contributed by atoms with Crippen molar-refractivity contribution in [3.05, 3.63) is 30.1 Å². The van der Waals surface area contributed by atoms with E-state index in [1.54, 1.807) is 11.1 Å². The Morgan fingerprint density at radius 1 is 1.27 bits per heavy atom. The molecule has 2 rings (SSSR count). The van der Waals surface area contributed by atoms with Crippen LogP contribution in [0.5, 0.6) is 0 Å². The Balaban J connectivity index is 1.80. The van der Waals surface area contributed by atoms with E-state index in [1.165, 1.54) is 44.9 Å². The number of rotatable bonds is 4. The monoisotopic (exact) mass is 303 g/mol. The van der Waals surface area contributed by atoms with Crippen LogP contribution in [-0.2, 0) is 0 Å². The lowest BCUT2D eigenvalue weighted by Gasteiger charge is -2.26. The topological polar surface area (TPSA) is 45.2 Å². The SMILES string of the molecule is CC(c1ccccn1)N(C)C(=O)NCC1CCCCCCC1. The van der Waals surface area contributed by atoms with Crippen molar-refractivity contribution in [1.29, 1.82) is 0 Å². The molecule has 0 bridgehead atoms. The molecule has 1 aliphatic rings. The first-order valence-corrected chi connectivity index (χ1v) is 8.60. The van der Waals surface area contributed by atoms with Crippen molar-refractivity contribution in [1.82, 2.24) is 15.2 Å². The Kier molecular flexibility index (Phi) is 6.69. The van der Waals surface area contributed by atoms with E-state index in [2.05, 4.69) is 10.3 Å². The lowest BCUT2D eigenvalue weighted by atomic mass is 9.91. The van der Waals surface area contributed by atoms with Gasteiger partial charge in [0.25, 0.3) is 0 Å². The van der Waals surface area contributed by atoms with Crippen molar-refractivity contribution >= 4 is 6.03 Å². The van der Waals surface area contributed by atoms with Gasteiger partial charge in [0.2, 0.25) is 0 Å². The second-order valence-electron chi connectivity index (χ2n) is 6.44. The minimum Gasteiger partial charge on any atom is -0.338 e. The molecule has 0 aromatic carbocycles. The highest BCUT2D eigenvalue weighted by Crippen LogP contribution is 2.22. The fourth-order valence-corrected chi connectivity index (χ4v) is 3.10. The Hall–Kier alpha value is -1.58. The molecule has 0 saturated heterocycles. The van der Waals surface area contributed by atoms with E-state index in [0.717, 1.165) is 12.2 Å². The van der Waals surface area contributed by atoms with Gasteiger partial charge in [-0.2, -0.15) is 0 Å². The van der Waals surface area contributed by atoms with E-state index >= 15 is 0 Å². The quantitative estimate of drug-likeness (QED) is 0.908. The average Bonchev–Trinajstić information content (AvgIpc) is 2.53. The van der Waals surface area contributed by atoms with Gasteiger partial charge in [0.05, 0.1) is 11.7 Å². The van der Waals surface area contributed by atoms with Gasteiger partial charge in [-0.1, -0.05) is 38.2 Å². The second kappa shape index (κ2) is 8.76. The summed E-state index contributed by atoms with van der Waals surface area (Å²) in [5.41, 5.74) is 0.922. The summed E-state index contributed by atoms with van der Waals surface area (Å²) >= 11 is 0. The number of nitrogens with zero attached hydrogens (tertiary/aromatic N) is 2. The number of hydrogen-bond acceptors (Lipinski definition) is 2. The van der Waals surface area contributed by atoms with Gasteiger partial charge < -0.3 is 10.2 Å². The molecule has 2 amide bonds. The molecule has 1 heterocycles. The van der Waals surface area contributed by atoms with Crippen LogP contribution in [-0.4, -0.2) is 29.5 Å². The van der Waals surface area contributed by atoms with Crippen molar-refractivity contribution in [3.8, 4) is 0 Å². The summed E-state index contributed by atoms with van der Waals surface area (Å²) in [5, 5.41) is 3.11. The number of aromatic nitrogens is 1. The molecular weight excluding hydrogens is 274 g/mol. The van der Waals surface area contributed by atoms with Gasteiger partial charge in [0, 0.05) is 19.8 Å². The highest BCUT2D eigenvalue weighted by molar-refractivity contribution is 5.74. The van der Waals surface area contributed by atoms with Gasteiger partial charge in [0.1, 0.15) is 0 Å². The van der Waals surface area contributed by atoms with Crippen molar-refractivity contribution in [2.24, 2.45) is 5.92 Å². The van der Waals surface area contributed by atoms with Gasteiger partial charge in [-0.25, -0.2) is 4.79 Å². The first kappa shape index (κ1) is 16.8. The number of carbonyl (C=O) groups is 1. The van der Waals surface area contributed by atoms with Crippen molar-refractivity contribution in [2.75, 3.05) is 13.6 Å². The van der Waals surface area contributed by atoms with Crippen LogP contribution in [0.25, 0.3) is 0 Å². The smallest absolute Gasteiger partial charge is 0.317 e. The lowest BCUT2D eigenvalue weighted by Crippen LogP contribution is -2.41. The number of nitrogens with one attached hydrogen (secondary N) is 1. The van der Waals surface area contributed by atoms with Gasteiger partial charge in [-0.3, -0.25) is 4.98 Å². The molecule has 1 unspecified atom stereocenters. The summed E-state index contributed by atoms with van der Waals surface area (Å²) in [5.74, 6) is 0.641. The molecule has 1 aromatic rings. The number of amides is 2. The fraction of sp³-hybridized carbons (Fsp3) is 0.667. The molecule has 4 heteroatoms. The third-order valence-corrected chi connectivity index (χ3v) is 4.78. The second-order valence-corrected chi connectivity index (χ2v) is 6.44. The highest BCUT2D eigenvalue weighted by atomic mass is 16.2. The molecule has 0 radical (unpaired) electrons. The van der Waals surface area contributed by atoms with E-state index in [-0.39, 0.29) is 12.1 Å². The average molecular weight is 303 g/mol. The predicted molar refractivity (Wildman–Crippen MR) is 89.6 cm³/mol. The molecule has 22 heavy (non-hydrogen) atoms. The van der Waals surface area contributed by atoms with Crippen molar-refractivity contribution in [2.45, 2.75) is 57.9 Å². The molecule has 1 atom stereocenters.